The zero-order valence-electron chi connectivity index (χ0n) is 13.3. The smallest absolute Gasteiger partial charge is 0.240 e. The van der Waals surface area contributed by atoms with Crippen LogP contribution in [0.15, 0.2) is 53.4 Å². The number of hydrogen-bond acceptors (Lipinski definition) is 4. The van der Waals surface area contributed by atoms with Crippen LogP contribution in [0.3, 0.4) is 0 Å². The first-order valence-electron chi connectivity index (χ1n) is 7.23. The number of hydrogen-bond donors (Lipinski definition) is 1. The topological polar surface area (TPSA) is 72.5 Å². The molecule has 2 aromatic carbocycles. The molecular weight excluding hydrogens is 350 g/mol. The molecule has 0 aliphatic rings. The van der Waals surface area contributed by atoms with Gasteiger partial charge in [0.1, 0.15) is 0 Å². The third kappa shape index (κ3) is 4.42. The molecule has 128 valence electrons. The van der Waals surface area contributed by atoms with Gasteiger partial charge in [0.05, 0.1) is 11.0 Å². The van der Waals surface area contributed by atoms with Gasteiger partial charge in [-0.1, -0.05) is 41.9 Å². The Kier molecular flexibility index (Phi) is 6.12. The molecule has 0 aliphatic heterocycles. The molecule has 0 bridgehead atoms. The molecule has 0 radical (unpaired) electrons. The van der Waals surface area contributed by atoms with Gasteiger partial charge in [0.25, 0.3) is 0 Å². The van der Waals surface area contributed by atoms with Crippen LogP contribution in [-0.4, -0.2) is 27.9 Å². The molecule has 5 nitrogen and oxygen atoms in total. The van der Waals surface area contributed by atoms with Gasteiger partial charge in [-0.15, -0.1) is 0 Å². The second kappa shape index (κ2) is 7.90. The maximum absolute atomic E-state index is 12.4. The van der Waals surface area contributed by atoms with E-state index in [9.17, 15) is 13.2 Å². The van der Waals surface area contributed by atoms with E-state index < -0.39 is 16.1 Å². The lowest BCUT2D eigenvalue weighted by Gasteiger charge is -2.18. The van der Waals surface area contributed by atoms with Crippen molar-refractivity contribution in [1.29, 1.82) is 0 Å². The second-order valence-electron chi connectivity index (χ2n) is 5.18. The first kappa shape index (κ1) is 18.6. The number of rotatable bonds is 7. The lowest BCUT2D eigenvalue weighted by Crippen LogP contribution is -2.29. The standard InChI is InChI=1S/C17H18ClNO4S/c1-12(20)13-7-9-14(10-8-13)24(21,22)19-11-17(23-2)15-5-3-4-6-16(15)18/h3-10,17,19H,11H2,1-2H3. The monoisotopic (exact) mass is 367 g/mol. The Bertz CT molecular complexity index is 819. The Morgan fingerprint density at radius 3 is 2.33 bits per heavy atom. The molecule has 0 fully saturated rings. The van der Waals surface area contributed by atoms with Gasteiger partial charge in [-0.2, -0.15) is 0 Å². The number of methoxy groups -OCH3 is 1. The Balaban J connectivity index is 2.14. The molecule has 1 atom stereocenters. The molecule has 0 heterocycles. The highest BCUT2D eigenvalue weighted by atomic mass is 35.5. The zero-order valence-corrected chi connectivity index (χ0v) is 14.9. The third-order valence-electron chi connectivity index (χ3n) is 3.57. The normalized spacial score (nSPS) is 12.8. The highest BCUT2D eigenvalue weighted by Gasteiger charge is 2.19. The minimum atomic E-state index is -3.71. The fourth-order valence-corrected chi connectivity index (χ4v) is 3.48. The van der Waals surface area contributed by atoms with Gasteiger partial charge in [0, 0.05) is 29.8 Å². The number of sulfonamides is 1. The highest BCUT2D eigenvalue weighted by Crippen LogP contribution is 2.25. The van der Waals surface area contributed by atoms with E-state index in [-0.39, 0.29) is 17.2 Å². The summed E-state index contributed by atoms with van der Waals surface area (Å²) in [5, 5.41) is 0.509. The summed E-state index contributed by atoms with van der Waals surface area (Å²) in [5.41, 5.74) is 1.16. The number of ketones is 1. The summed E-state index contributed by atoms with van der Waals surface area (Å²) in [7, 11) is -2.22. The second-order valence-corrected chi connectivity index (χ2v) is 7.35. The van der Waals surface area contributed by atoms with Gasteiger partial charge in [-0.05, 0) is 25.1 Å². The third-order valence-corrected chi connectivity index (χ3v) is 5.35. The number of halogens is 1. The zero-order chi connectivity index (χ0) is 17.7. The van der Waals surface area contributed by atoms with Gasteiger partial charge in [0.2, 0.25) is 10.0 Å². The summed E-state index contributed by atoms with van der Waals surface area (Å²) in [6, 6.07) is 12.9. The van der Waals surface area contributed by atoms with Crippen molar-refractivity contribution < 1.29 is 17.9 Å². The number of ether oxygens (including phenoxy) is 1. The van der Waals surface area contributed by atoms with Crippen molar-refractivity contribution in [2.45, 2.75) is 17.9 Å². The maximum Gasteiger partial charge on any atom is 0.240 e. The number of Topliss-reactive ketones (excluding diaryl/α,β-unsaturated/α-hetero) is 1. The molecule has 24 heavy (non-hydrogen) atoms. The summed E-state index contributed by atoms with van der Waals surface area (Å²) in [5.74, 6) is -0.120. The predicted molar refractivity (Wildman–Crippen MR) is 92.8 cm³/mol. The molecule has 7 heteroatoms. The minimum Gasteiger partial charge on any atom is -0.375 e. The lowest BCUT2D eigenvalue weighted by atomic mass is 10.1. The van der Waals surface area contributed by atoms with Crippen molar-refractivity contribution in [2.75, 3.05) is 13.7 Å². The van der Waals surface area contributed by atoms with Crippen molar-refractivity contribution in [2.24, 2.45) is 0 Å². The van der Waals surface area contributed by atoms with Gasteiger partial charge in [0.15, 0.2) is 5.78 Å². The quantitative estimate of drug-likeness (QED) is 0.763. The van der Waals surface area contributed by atoms with Crippen LogP contribution in [0.4, 0.5) is 0 Å². The molecule has 2 rings (SSSR count). The van der Waals surface area contributed by atoms with Crippen LogP contribution < -0.4 is 4.72 Å². The van der Waals surface area contributed by atoms with E-state index >= 15 is 0 Å². The van der Waals surface area contributed by atoms with Crippen molar-refractivity contribution in [3.05, 3.63) is 64.7 Å². The van der Waals surface area contributed by atoms with Crippen LogP contribution in [-0.2, 0) is 14.8 Å². The Labute approximate surface area is 146 Å². The van der Waals surface area contributed by atoms with E-state index in [4.69, 9.17) is 16.3 Å². The summed E-state index contributed by atoms with van der Waals surface area (Å²) in [6.45, 7) is 1.46. The Hall–Kier alpha value is -1.73. The summed E-state index contributed by atoms with van der Waals surface area (Å²) < 4.78 is 32.6. The molecule has 0 amide bonds. The number of benzene rings is 2. The van der Waals surface area contributed by atoms with E-state index in [2.05, 4.69) is 4.72 Å². The number of carbonyl (C=O) groups excluding carboxylic acids is 1. The van der Waals surface area contributed by atoms with Crippen molar-refractivity contribution in [1.82, 2.24) is 4.72 Å². The highest BCUT2D eigenvalue weighted by molar-refractivity contribution is 7.89. The summed E-state index contributed by atoms with van der Waals surface area (Å²) in [6.07, 6.45) is -0.509. The van der Waals surface area contributed by atoms with E-state index in [1.807, 2.05) is 6.07 Å². The maximum atomic E-state index is 12.4. The van der Waals surface area contributed by atoms with Crippen LogP contribution in [0.1, 0.15) is 28.9 Å². The van der Waals surface area contributed by atoms with Gasteiger partial charge in [-0.3, -0.25) is 4.79 Å². The van der Waals surface area contributed by atoms with Crippen LogP contribution in [0.2, 0.25) is 5.02 Å². The predicted octanol–water partition coefficient (Wildman–Crippen LogP) is 3.21. The van der Waals surface area contributed by atoms with E-state index in [0.29, 0.717) is 16.1 Å². The number of carbonyl (C=O) groups is 1. The van der Waals surface area contributed by atoms with Crippen LogP contribution in [0.5, 0.6) is 0 Å². The molecule has 0 saturated carbocycles. The molecule has 1 unspecified atom stereocenters. The van der Waals surface area contributed by atoms with Crippen molar-refractivity contribution in [3.8, 4) is 0 Å². The van der Waals surface area contributed by atoms with Crippen molar-refractivity contribution in [3.63, 3.8) is 0 Å². The molecule has 0 aromatic heterocycles. The average Bonchev–Trinajstić information content (AvgIpc) is 2.57. The molecule has 0 spiro atoms. The van der Waals surface area contributed by atoms with Gasteiger partial charge >= 0.3 is 0 Å². The average molecular weight is 368 g/mol. The molecule has 0 saturated heterocycles. The summed E-state index contributed by atoms with van der Waals surface area (Å²) >= 11 is 6.12. The lowest BCUT2D eigenvalue weighted by molar-refractivity contribution is 0.101. The van der Waals surface area contributed by atoms with Crippen LogP contribution in [0, 0.1) is 0 Å². The first-order chi connectivity index (χ1) is 11.3. The van der Waals surface area contributed by atoms with Crippen LogP contribution >= 0.6 is 11.6 Å². The SMILES string of the molecule is COC(CNS(=O)(=O)c1ccc(C(C)=O)cc1)c1ccccc1Cl. The van der Waals surface area contributed by atoms with Gasteiger partial charge in [-0.25, -0.2) is 13.1 Å². The largest absolute Gasteiger partial charge is 0.375 e. The van der Waals surface area contributed by atoms with Crippen LogP contribution in [0.25, 0.3) is 0 Å². The van der Waals surface area contributed by atoms with E-state index in [0.717, 1.165) is 0 Å². The molecule has 0 aliphatic carbocycles. The Morgan fingerprint density at radius 1 is 1.17 bits per heavy atom. The molecule has 2 aromatic rings. The summed E-state index contributed by atoms with van der Waals surface area (Å²) in [4.78, 5) is 11.3. The Morgan fingerprint density at radius 2 is 1.79 bits per heavy atom. The molecular formula is C17H18ClNO4S. The van der Waals surface area contributed by atoms with Crippen molar-refractivity contribution >= 4 is 27.4 Å². The first-order valence-corrected chi connectivity index (χ1v) is 9.09. The fraction of sp³-hybridized carbons (Fsp3) is 0.235. The minimum absolute atomic E-state index is 0.0387. The molecule has 1 N–H and O–H groups in total. The van der Waals surface area contributed by atoms with E-state index in [1.54, 1.807) is 18.2 Å². The number of nitrogens with one attached hydrogen (secondary N) is 1. The van der Waals surface area contributed by atoms with Gasteiger partial charge < -0.3 is 4.74 Å². The van der Waals surface area contributed by atoms with E-state index in [1.165, 1.54) is 38.3 Å². The fourth-order valence-electron chi connectivity index (χ4n) is 2.19.